The van der Waals surface area contributed by atoms with E-state index in [1.165, 1.54) is 0 Å². The summed E-state index contributed by atoms with van der Waals surface area (Å²) in [7, 11) is 1.64. The molecule has 1 amide bonds. The van der Waals surface area contributed by atoms with Crippen LogP contribution in [0.15, 0.2) is 41.8 Å². The van der Waals surface area contributed by atoms with Crippen LogP contribution in [0, 0.1) is 5.92 Å². The third kappa shape index (κ3) is 5.41. The van der Waals surface area contributed by atoms with Gasteiger partial charge in [-0.1, -0.05) is 23.9 Å². The van der Waals surface area contributed by atoms with E-state index in [-0.39, 0.29) is 17.9 Å². The Morgan fingerprint density at radius 3 is 2.77 bits per heavy atom. The van der Waals surface area contributed by atoms with Crippen LogP contribution in [-0.2, 0) is 9.53 Å². The van der Waals surface area contributed by atoms with Crippen molar-refractivity contribution < 1.29 is 19.4 Å². The van der Waals surface area contributed by atoms with Crippen LogP contribution in [0.1, 0.15) is 32.4 Å². The molecule has 1 aromatic heterocycles. The predicted molar refractivity (Wildman–Crippen MR) is 123 cm³/mol. The number of fused-ring (bicyclic) bond motifs is 1. The van der Waals surface area contributed by atoms with E-state index < -0.39 is 0 Å². The Morgan fingerprint density at radius 1 is 1.30 bits per heavy atom. The molecule has 1 saturated carbocycles. The lowest BCUT2D eigenvalue weighted by molar-refractivity contribution is -0.126. The highest BCUT2D eigenvalue weighted by Gasteiger charge is 2.33. The van der Waals surface area contributed by atoms with Gasteiger partial charge in [0.25, 0.3) is 0 Å². The molecule has 0 bridgehead atoms. The number of pyridine rings is 1. The maximum atomic E-state index is 12.4. The van der Waals surface area contributed by atoms with E-state index in [0.29, 0.717) is 37.5 Å². The molecule has 3 rings (SSSR count). The van der Waals surface area contributed by atoms with Crippen LogP contribution in [-0.4, -0.2) is 42.4 Å². The summed E-state index contributed by atoms with van der Waals surface area (Å²) in [5.41, 5.74) is 2.31. The SMILES string of the molecule is C/C=C\S/C(=C\C)c1cc(OCCOC)c2cc(NC(=O)C3CC(O)C3)ccc2n1. The number of carbonyl (C=O) groups excluding carboxylic acids is 1. The number of hydrogen-bond donors (Lipinski definition) is 2. The third-order valence-electron chi connectivity index (χ3n) is 4.91. The van der Waals surface area contributed by atoms with Crippen molar-refractivity contribution >= 4 is 39.2 Å². The molecule has 1 aliphatic carbocycles. The first-order valence-electron chi connectivity index (χ1n) is 10.1. The molecular weight excluding hydrogens is 400 g/mol. The average molecular weight is 429 g/mol. The van der Waals surface area contributed by atoms with Crippen molar-refractivity contribution in [2.24, 2.45) is 5.92 Å². The smallest absolute Gasteiger partial charge is 0.227 e. The molecule has 2 aromatic rings. The molecule has 0 radical (unpaired) electrons. The number of nitrogens with one attached hydrogen (secondary N) is 1. The Hall–Kier alpha value is -2.35. The molecule has 7 heteroatoms. The van der Waals surface area contributed by atoms with Gasteiger partial charge in [0.2, 0.25) is 5.91 Å². The molecule has 1 heterocycles. The van der Waals surface area contributed by atoms with Crippen molar-refractivity contribution in [3.05, 3.63) is 47.5 Å². The maximum Gasteiger partial charge on any atom is 0.227 e. The molecule has 0 atom stereocenters. The first-order chi connectivity index (χ1) is 14.5. The molecule has 1 fully saturated rings. The number of allylic oxidation sites excluding steroid dienone is 2. The molecule has 0 unspecified atom stereocenters. The van der Waals surface area contributed by atoms with E-state index in [0.717, 1.165) is 21.5 Å². The highest BCUT2D eigenvalue weighted by Crippen LogP contribution is 2.35. The monoisotopic (exact) mass is 428 g/mol. The van der Waals surface area contributed by atoms with Gasteiger partial charge < -0.3 is 19.9 Å². The molecule has 6 nitrogen and oxygen atoms in total. The van der Waals surface area contributed by atoms with Gasteiger partial charge in [-0.15, -0.1) is 0 Å². The van der Waals surface area contributed by atoms with E-state index in [1.807, 2.05) is 55.7 Å². The van der Waals surface area contributed by atoms with Gasteiger partial charge in [-0.25, -0.2) is 4.98 Å². The van der Waals surface area contributed by atoms with Crippen molar-refractivity contribution in [1.82, 2.24) is 4.98 Å². The molecular formula is C23H28N2O4S. The summed E-state index contributed by atoms with van der Waals surface area (Å²) in [4.78, 5) is 18.2. The summed E-state index contributed by atoms with van der Waals surface area (Å²) in [6.07, 6.45) is 4.69. The molecule has 2 N–H and O–H groups in total. The van der Waals surface area contributed by atoms with E-state index in [4.69, 9.17) is 14.5 Å². The largest absolute Gasteiger partial charge is 0.490 e. The minimum Gasteiger partial charge on any atom is -0.490 e. The Kier molecular flexibility index (Phi) is 7.90. The summed E-state index contributed by atoms with van der Waals surface area (Å²) in [6, 6.07) is 7.55. The van der Waals surface area contributed by atoms with Gasteiger partial charge in [-0.05, 0) is 50.3 Å². The van der Waals surface area contributed by atoms with Gasteiger partial charge in [-0.3, -0.25) is 4.79 Å². The number of hydrogen-bond acceptors (Lipinski definition) is 6. The van der Waals surface area contributed by atoms with Crippen molar-refractivity contribution in [2.75, 3.05) is 25.6 Å². The summed E-state index contributed by atoms with van der Waals surface area (Å²) in [5, 5.41) is 15.2. The third-order valence-corrected chi connectivity index (χ3v) is 6.02. The second kappa shape index (κ2) is 10.6. The van der Waals surface area contributed by atoms with Crippen molar-refractivity contribution in [3.63, 3.8) is 0 Å². The zero-order valence-electron chi connectivity index (χ0n) is 17.6. The molecule has 1 aromatic carbocycles. The number of aromatic nitrogens is 1. The zero-order chi connectivity index (χ0) is 21.5. The highest BCUT2D eigenvalue weighted by molar-refractivity contribution is 8.10. The topological polar surface area (TPSA) is 80.7 Å². The van der Waals surface area contributed by atoms with Crippen LogP contribution < -0.4 is 10.1 Å². The molecule has 30 heavy (non-hydrogen) atoms. The number of benzene rings is 1. The van der Waals surface area contributed by atoms with Crippen molar-refractivity contribution in [2.45, 2.75) is 32.8 Å². The standard InChI is InChI=1S/C23H28N2O4S/c1-4-10-30-22(5-2)20-14-21(29-9-8-28-3)18-13-16(6-7-19(18)25-20)24-23(27)15-11-17(26)12-15/h4-7,10,13-15,17,26H,8-9,11-12H2,1-3H3,(H,24,27)/b10-4-,22-5-. The molecule has 160 valence electrons. The fourth-order valence-electron chi connectivity index (χ4n) is 3.22. The number of methoxy groups -OCH3 is 1. The lowest BCUT2D eigenvalue weighted by atomic mass is 9.82. The average Bonchev–Trinajstić information content (AvgIpc) is 2.72. The lowest BCUT2D eigenvalue weighted by Gasteiger charge is -2.30. The molecule has 0 saturated heterocycles. The predicted octanol–water partition coefficient (Wildman–Crippen LogP) is 4.60. The number of amides is 1. The Balaban J connectivity index is 1.92. The molecule has 1 aliphatic rings. The van der Waals surface area contributed by atoms with Gasteiger partial charge in [0.05, 0.1) is 23.9 Å². The van der Waals surface area contributed by atoms with Crippen LogP contribution in [0.25, 0.3) is 15.8 Å². The van der Waals surface area contributed by atoms with E-state index >= 15 is 0 Å². The quantitative estimate of drug-likeness (QED) is 0.568. The van der Waals surface area contributed by atoms with Gasteiger partial charge in [-0.2, -0.15) is 0 Å². The summed E-state index contributed by atoms with van der Waals surface area (Å²) < 4.78 is 11.1. The zero-order valence-corrected chi connectivity index (χ0v) is 18.4. The fourth-order valence-corrected chi connectivity index (χ4v) is 3.86. The highest BCUT2D eigenvalue weighted by atomic mass is 32.2. The fraction of sp³-hybridized carbons (Fsp3) is 0.391. The van der Waals surface area contributed by atoms with Crippen LogP contribution in [0.2, 0.25) is 0 Å². The van der Waals surface area contributed by atoms with Gasteiger partial charge >= 0.3 is 0 Å². The number of carbonyl (C=O) groups is 1. The Labute approximate surface area is 181 Å². The summed E-state index contributed by atoms with van der Waals surface area (Å²) in [5.74, 6) is 0.502. The Bertz CT molecular complexity index is 952. The minimum atomic E-state index is -0.359. The van der Waals surface area contributed by atoms with Crippen LogP contribution in [0.4, 0.5) is 5.69 Å². The van der Waals surface area contributed by atoms with E-state index in [2.05, 4.69) is 5.32 Å². The van der Waals surface area contributed by atoms with E-state index in [9.17, 15) is 9.90 Å². The number of aliphatic hydroxyl groups is 1. The minimum absolute atomic E-state index is 0.0648. The van der Waals surface area contributed by atoms with Crippen LogP contribution in [0.3, 0.4) is 0 Å². The lowest BCUT2D eigenvalue weighted by Crippen LogP contribution is -2.37. The second-order valence-electron chi connectivity index (χ2n) is 7.13. The van der Waals surface area contributed by atoms with Gasteiger partial charge in [0.1, 0.15) is 12.4 Å². The van der Waals surface area contributed by atoms with Crippen molar-refractivity contribution in [1.29, 1.82) is 0 Å². The number of anilines is 1. The van der Waals surface area contributed by atoms with Crippen LogP contribution >= 0.6 is 11.8 Å². The van der Waals surface area contributed by atoms with Crippen molar-refractivity contribution in [3.8, 4) is 5.75 Å². The second-order valence-corrected chi connectivity index (χ2v) is 8.08. The number of aliphatic hydroxyl groups excluding tert-OH is 1. The van der Waals surface area contributed by atoms with Gasteiger partial charge in [0, 0.05) is 35.1 Å². The first-order valence-corrected chi connectivity index (χ1v) is 10.9. The summed E-state index contributed by atoms with van der Waals surface area (Å²) in [6.45, 7) is 4.86. The van der Waals surface area contributed by atoms with Gasteiger partial charge in [0.15, 0.2) is 0 Å². The number of ether oxygens (including phenoxy) is 2. The number of nitrogens with zero attached hydrogens (tertiary/aromatic N) is 1. The number of thioether (sulfide) groups is 1. The van der Waals surface area contributed by atoms with E-state index in [1.54, 1.807) is 18.9 Å². The maximum absolute atomic E-state index is 12.4. The molecule has 0 aliphatic heterocycles. The first kappa shape index (κ1) is 22.3. The normalized spacial score (nSPS) is 19.1. The molecule has 0 spiro atoms. The Morgan fingerprint density at radius 2 is 2.10 bits per heavy atom. The number of rotatable bonds is 9. The van der Waals surface area contributed by atoms with Crippen LogP contribution in [0.5, 0.6) is 5.75 Å². The summed E-state index contributed by atoms with van der Waals surface area (Å²) >= 11 is 1.60.